The minimum absolute atomic E-state index is 0.276. The van der Waals surface area contributed by atoms with Crippen LogP contribution in [0.4, 0.5) is 9.18 Å². The molecule has 0 saturated carbocycles. The predicted molar refractivity (Wildman–Crippen MR) is 83.9 cm³/mol. The molecule has 1 aliphatic rings. The molecule has 1 aromatic carbocycles. The lowest BCUT2D eigenvalue weighted by molar-refractivity contribution is 0.0223. The van der Waals surface area contributed by atoms with E-state index < -0.39 is 5.60 Å². The number of ether oxygens (including phenoxy) is 1. The van der Waals surface area contributed by atoms with Crippen LogP contribution in [-0.2, 0) is 17.7 Å². The molecular formula is C17H20FN3O2. The molecule has 2 heterocycles. The van der Waals surface area contributed by atoms with E-state index in [0.29, 0.717) is 19.5 Å². The van der Waals surface area contributed by atoms with E-state index >= 15 is 0 Å². The summed E-state index contributed by atoms with van der Waals surface area (Å²) in [4.78, 5) is 13.9. The minimum atomic E-state index is -0.504. The van der Waals surface area contributed by atoms with Gasteiger partial charge in [0.15, 0.2) is 0 Å². The third kappa shape index (κ3) is 3.52. The maximum absolute atomic E-state index is 13.0. The number of rotatable bonds is 1. The fourth-order valence-corrected chi connectivity index (χ4v) is 2.52. The molecule has 0 spiro atoms. The number of benzene rings is 1. The van der Waals surface area contributed by atoms with Crippen molar-refractivity contribution in [3.63, 3.8) is 0 Å². The second kappa shape index (κ2) is 5.68. The number of carbonyl (C=O) groups excluding carboxylic acids is 1. The van der Waals surface area contributed by atoms with Crippen molar-refractivity contribution in [1.29, 1.82) is 0 Å². The van der Waals surface area contributed by atoms with Gasteiger partial charge in [-0.25, -0.2) is 13.9 Å². The second-order valence-electron chi connectivity index (χ2n) is 6.67. The lowest BCUT2D eigenvalue weighted by atomic mass is 10.1. The molecule has 0 bridgehead atoms. The van der Waals surface area contributed by atoms with Crippen molar-refractivity contribution in [2.45, 2.75) is 39.3 Å². The second-order valence-corrected chi connectivity index (χ2v) is 6.67. The van der Waals surface area contributed by atoms with Crippen LogP contribution in [0.3, 0.4) is 0 Å². The summed E-state index contributed by atoms with van der Waals surface area (Å²) < 4.78 is 20.2. The average molecular weight is 317 g/mol. The molecule has 1 aromatic heterocycles. The molecular weight excluding hydrogens is 297 g/mol. The van der Waals surface area contributed by atoms with Gasteiger partial charge in [-0.1, -0.05) is 0 Å². The Balaban J connectivity index is 1.77. The highest BCUT2D eigenvalue weighted by atomic mass is 19.1. The zero-order chi connectivity index (χ0) is 16.6. The molecule has 23 heavy (non-hydrogen) atoms. The van der Waals surface area contributed by atoms with E-state index in [1.807, 2.05) is 27.0 Å². The van der Waals surface area contributed by atoms with Crippen LogP contribution in [0.5, 0.6) is 0 Å². The molecule has 0 aliphatic carbocycles. The summed E-state index contributed by atoms with van der Waals surface area (Å²) in [5, 5.41) is 4.53. The van der Waals surface area contributed by atoms with Crippen molar-refractivity contribution in [2.75, 3.05) is 6.54 Å². The molecule has 0 fully saturated rings. The Labute approximate surface area is 134 Å². The van der Waals surface area contributed by atoms with Crippen LogP contribution in [0.2, 0.25) is 0 Å². The number of hydrogen-bond donors (Lipinski definition) is 0. The number of carbonyl (C=O) groups is 1. The fraction of sp³-hybridized carbons (Fsp3) is 0.412. The Morgan fingerprint density at radius 1 is 1.26 bits per heavy atom. The lowest BCUT2D eigenvalue weighted by Crippen LogP contribution is -2.39. The van der Waals surface area contributed by atoms with Crippen molar-refractivity contribution in [2.24, 2.45) is 0 Å². The van der Waals surface area contributed by atoms with E-state index in [0.717, 1.165) is 16.9 Å². The first-order valence-corrected chi connectivity index (χ1v) is 7.63. The summed E-state index contributed by atoms with van der Waals surface area (Å²) in [6.07, 6.45) is 2.26. The third-order valence-electron chi connectivity index (χ3n) is 3.60. The monoisotopic (exact) mass is 317 g/mol. The van der Waals surface area contributed by atoms with E-state index in [2.05, 4.69) is 5.10 Å². The van der Waals surface area contributed by atoms with Crippen molar-refractivity contribution < 1.29 is 13.9 Å². The highest BCUT2D eigenvalue weighted by molar-refractivity contribution is 5.68. The molecule has 1 amide bonds. The lowest BCUT2D eigenvalue weighted by Gasteiger charge is -2.29. The number of halogens is 1. The molecule has 122 valence electrons. The van der Waals surface area contributed by atoms with Crippen molar-refractivity contribution in [1.82, 2.24) is 14.7 Å². The van der Waals surface area contributed by atoms with Crippen LogP contribution < -0.4 is 0 Å². The van der Waals surface area contributed by atoms with E-state index in [1.54, 1.807) is 21.7 Å². The fourth-order valence-electron chi connectivity index (χ4n) is 2.52. The number of aromatic nitrogens is 2. The first kappa shape index (κ1) is 15.5. The summed E-state index contributed by atoms with van der Waals surface area (Å²) in [5.74, 6) is -0.276. The van der Waals surface area contributed by atoms with E-state index in [-0.39, 0.29) is 11.9 Å². The molecule has 3 rings (SSSR count). The third-order valence-corrected chi connectivity index (χ3v) is 3.60. The first-order chi connectivity index (χ1) is 10.8. The smallest absolute Gasteiger partial charge is 0.410 e. The molecule has 0 unspecified atom stereocenters. The Morgan fingerprint density at radius 3 is 2.61 bits per heavy atom. The molecule has 5 nitrogen and oxygen atoms in total. The van der Waals surface area contributed by atoms with Gasteiger partial charge in [-0.05, 0) is 45.0 Å². The van der Waals surface area contributed by atoms with Crippen LogP contribution in [-0.4, -0.2) is 32.9 Å². The highest BCUT2D eigenvalue weighted by Crippen LogP contribution is 2.21. The van der Waals surface area contributed by atoms with Gasteiger partial charge in [-0.3, -0.25) is 0 Å². The van der Waals surface area contributed by atoms with Crippen LogP contribution in [0.15, 0.2) is 30.5 Å². The summed E-state index contributed by atoms with van der Waals surface area (Å²) in [7, 11) is 0. The van der Waals surface area contributed by atoms with Crippen LogP contribution in [0.1, 0.15) is 32.0 Å². The first-order valence-electron chi connectivity index (χ1n) is 7.63. The summed E-state index contributed by atoms with van der Waals surface area (Å²) in [6, 6.07) is 6.17. The standard InChI is InChI=1S/C17H20FN3O2/c1-17(2,3)23-16(22)20-9-8-15-12(10-20)11-21(19-15)14-6-4-13(18)5-7-14/h4-7,11H,8-10H2,1-3H3. The summed E-state index contributed by atoms with van der Waals surface area (Å²) >= 11 is 0. The van der Waals surface area contributed by atoms with E-state index in [9.17, 15) is 9.18 Å². The number of nitrogens with zero attached hydrogens (tertiary/aromatic N) is 3. The van der Waals surface area contributed by atoms with Crippen molar-refractivity contribution >= 4 is 6.09 Å². The Bertz CT molecular complexity index is 716. The van der Waals surface area contributed by atoms with Gasteiger partial charge in [0.25, 0.3) is 0 Å². The molecule has 6 heteroatoms. The van der Waals surface area contributed by atoms with Crippen LogP contribution in [0.25, 0.3) is 5.69 Å². The number of hydrogen-bond acceptors (Lipinski definition) is 3. The van der Waals surface area contributed by atoms with Gasteiger partial charge in [0.1, 0.15) is 11.4 Å². The molecule has 0 radical (unpaired) electrons. The maximum Gasteiger partial charge on any atom is 0.410 e. The largest absolute Gasteiger partial charge is 0.444 e. The average Bonchev–Trinajstić information content (AvgIpc) is 2.89. The van der Waals surface area contributed by atoms with Gasteiger partial charge in [0, 0.05) is 24.7 Å². The van der Waals surface area contributed by atoms with Gasteiger partial charge >= 0.3 is 6.09 Å². The van der Waals surface area contributed by atoms with E-state index in [4.69, 9.17) is 4.74 Å². The zero-order valence-corrected chi connectivity index (χ0v) is 13.5. The molecule has 0 N–H and O–H groups in total. The van der Waals surface area contributed by atoms with Gasteiger partial charge in [0.2, 0.25) is 0 Å². The van der Waals surface area contributed by atoms with Gasteiger partial charge in [0.05, 0.1) is 17.9 Å². The summed E-state index contributed by atoms with van der Waals surface area (Å²) in [6.45, 7) is 6.63. The summed E-state index contributed by atoms with van der Waals surface area (Å²) in [5.41, 5.74) is 2.25. The maximum atomic E-state index is 13.0. The van der Waals surface area contributed by atoms with Crippen molar-refractivity contribution in [3.8, 4) is 5.69 Å². The molecule has 1 aliphatic heterocycles. The zero-order valence-electron chi connectivity index (χ0n) is 13.5. The van der Waals surface area contributed by atoms with Crippen molar-refractivity contribution in [3.05, 3.63) is 47.5 Å². The Morgan fingerprint density at radius 2 is 1.96 bits per heavy atom. The predicted octanol–water partition coefficient (Wildman–Crippen LogP) is 3.30. The normalized spacial score (nSPS) is 14.5. The van der Waals surface area contributed by atoms with Gasteiger partial charge in [-0.2, -0.15) is 5.10 Å². The number of fused-ring (bicyclic) bond motifs is 1. The Hall–Kier alpha value is -2.37. The Kier molecular flexibility index (Phi) is 3.83. The molecule has 0 saturated heterocycles. The quantitative estimate of drug-likeness (QED) is 0.811. The topological polar surface area (TPSA) is 47.4 Å². The van der Waals surface area contributed by atoms with Crippen LogP contribution in [0, 0.1) is 5.82 Å². The molecule has 0 atom stereocenters. The highest BCUT2D eigenvalue weighted by Gasteiger charge is 2.27. The van der Waals surface area contributed by atoms with Gasteiger partial charge in [-0.15, -0.1) is 0 Å². The van der Waals surface area contributed by atoms with Gasteiger partial charge < -0.3 is 9.64 Å². The van der Waals surface area contributed by atoms with E-state index in [1.165, 1.54) is 12.1 Å². The molecule has 2 aromatic rings. The minimum Gasteiger partial charge on any atom is -0.444 e. The SMILES string of the molecule is CC(C)(C)OC(=O)N1CCc2nn(-c3ccc(F)cc3)cc2C1. The van der Waals surface area contributed by atoms with Crippen LogP contribution >= 0.6 is 0 Å². The number of amides is 1.